The van der Waals surface area contributed by atoms with Gasteiger partial charge in [-0.05, 0) is 38.5 Å². The van der Waals surface area contributed by atoms with E-state index in [-0.39, 0.29) is 17.2 Å². The Balaban J connectivity index is 2.04. The van der Waals surface area contributed by atoms with E-state index in [1.54, 1.807) is 32.0 Å². The van der Waals surface area contributed by atoms with Crippen LogP contribution in [-0.4, -0.2) is 31.1 Å². The van der Waals surface area contributed by atoms with Crippen LogP contribution >= 0.6 is 22.9 Å². The predicted octanol–water partition coefficient (Wildman–Crippen LogP) is 3.99. The molecule has 0 bridgehead atoms. The molecule has 6 nitrogen and oxygen atoms in total. The second-order valence-corrected chi connectivity index (χ2v) is 6.94. The summed E-state index contributed by atoms with van der Waals surface area (Å²) in [5, 5.41) is 3.22. The minimum absolute atomic E-state index is 0.178. The number of carbonyl (C=O) groups is 3. The summed E-state index contributed by atoms with van der Waals surface area (Å²) >= 11 is 7.18. The van der Waals surface area contributed by atoms with Crippen molar-refractivity contribution in [2.75, 3.05) is 18.5 Å². The molecule has 0 saturated carbocycles. The van der Waals surface area contributed by atoms with E-state index in [2.05, 4.69) is 5.32 Å². The molecule has 1 aromatic heterocycles. The molecule has 2 aromatic rings. The Hall–Kier alpha value is -2.38. The van der Waals surface area contributed by atoms with Crippen LogP contribution in [0.5, 0.6) is 0 Å². The first-order chi connectivity index (χ1) is 12.3. The van der Waals surface area contributed by atoms with Crippen LogP contribution in [-0.2, 0) is 14.3 Å². The highest BCUT2D eigenvalue weighted by molar-refractivity contribution is 7.16. The number of anilines is 1. The lowest BCUT2D eigenvalue weighted by Crippen LogP contribution is -2.22. The van der Waals surface area contributed by atoms with E-state index in [1.165, 1.54) is 17.4 Å². The Bertz CT molecular complexity index is 846. The van der Waals surface area contributed by atoms with Crippen LogP contribution in [0.25, 0.3) is 0 Å². The first kappa shape index (κ1) is 19.9. The van der Waals surface area contributed by atoms with Gasteiger partial charge in [0.15, 0.2) is 6.61 Å². The third-order valence-electron chi connectivity index (χ3n) is 3.55. The molecule has 138 valence electrons. The largest absolute Gasteiger partial charge is 0.462 e. The number of nitrogens with one attached hydrogen (secondary N) is 1. The fourth-order valence-corrected chi connectivity index (χ4v) is 3.44. The van der Waals surface area contributed by atoms with Crippen LogP contribution in [0.1, 0.15) is 38.1 Å². The number of amides is 1. The van der Waals surface area contributed by atoms with E-state index < -0.39 is 24.5 Å². The van der Waals surface area contributed by atoms with Crippen LogP contribution in [0.2, 0.25) is 5.02 Å². The molecule has 0 saturated heterocycles. The topological polar surface area (TPSA) is 81.7 Å². The quantitative estimate of drug-likeness (QED) is 0.748. The first-order valence-electron chi connectivity index (χ1n) is 7.83. The highest BCUT2D eigenvalue weighted by Gasteiger charge is 2.22. The lowest BCUT2D eigenvalue weighted by Gasteiger charge is -2.08. The molecule has 0 fully saturated rings. The van der Waals surface area contributed by atoms with Crippen molar-refractivity contribution in [3.8, 4) is 0 Å². The summed E-state index contributed by atoms with van der Waals surface area (Å²) in [4.78, 5) is 37.1. The Kier molecular flexibility index (Phi) is 6.76. The Morgan fingerprint density at radius 1 is 1.12 bits per heavy atom. The van der Waals surface area contributed by atoms with Crippen LogP contribution in [0, 0.1) is 13.8 Å². The SMILES string of the molecule is CCOC(=O)c1c(NC(=O)COC(=O)c2ccccc2Cl)sc(C)c1C. The summed E-state index contributed by atoms with van der Waals surface area (Å²) in [6.45, 7) is 5.07. The summed E-state index contributed by atoms with van der Waals surface area (Å²) in [6, 6.07) is 6.39. The molecule has 0 unspecified atom stereocenters. The number of esters is 2. The summed E-state index contributed by atoms with van der Waals surface area (Å²) in [5.74, 6) is -1.76. The number of halogens is 1. The van der Waals surface area contributed by atoms with Crippen molar-refractivity contribution in [1.82, 2.24) is 0 Å². The first-order valence-corrected chi connectivity index (χ1v) is 9.03. The number of benzene rings is 1. The molecule has 2 rings (SSSR count). The Morgan fingerprint density at radius 3 is 2.46 bits per heavy atom. The lowest BCUT2D eigenvalue weighted by molar-refractivity contribution is -0.119. The molecule has 0 radical (unpaired) electrons. The third kappa shape index (κ3) is 4.62. The second-order valence-electron chi connectivity index (χ2n) is 5.31. The molecule has 1 N–H and O–H groups in total. The zero-order valence-electron chi connectivity index (χ0n) is 14.6. The van der Waals surface area contributed by atoms with Gasteiger partial charge >= 0.3 is 11.9 Å². The zero-order valence-corrected chi connectivity index (χ0v) is 16.1. The van der Waals surface area contributed by atoms with Gasteiger partial charge in [0.25, 0.3) is 5.91 Å². The molecule has 0 spiro atoms. The summed E-state index contributed by atoms with van der Waals surface area (Å²) in [5.41, 5.74) is 1.24. The maximum atomic E-state index is 12.1. The van der Waals surface area contributed by atoms with Crippen LogP contribution in [0.4, 0.5) is 5.00 Å². The molecule has 26 heavy (non-hydrogen) atoms. The Labute approximate surface area is 160 Å². The number of rotatable bonds is 6. The van der Waals surface area contributed by atoms with Crippen LogP contribution in [0.15, 0.2) is 24.3 Å². The summed E-state index contributed by atoms with van der Waals surface area (Å²) in [7, 11) is 0. The number of ether oxygens (including phenoxy) is 2. The molecule has 0 aliphatic heterocycles. The number of hydrogen-bond acceptors (Lipinski definition) is 6. The monoisotopic (exact) mass is 395 g/mol. The van der Waals surface area contributed by atoms with Crippen molar-refractivity contribution in [3.05, 3.63) is 50.9 Å². The minimum Gasteiger partial charge on any atom is -0.462 e. The van der Waals surface area contributed by atoms with Crippen LogP contribution < -0.4 is 5.32 Å². The van der Waals surface area contributed by atoms with E-state index in [4.69, 9.17) is 21.1 Å². The van der Waals surface area contributed by atoms with Gasteiger partial charge in [0.05, 0.1) is 22.8 Å². The molecule has 1 amide bonds. The smallest absolute Gasteiger partial charge is 0.341 e. The van der Waals surface area contributed by atoms with Gasteiger partial charge in [0, 0.05) is 4.88 Å². The molecular formula is C18H18ClNO5S. The van der Waals surface area contributed by atoms with E-state index in [0.717, 1.165) is 10.4 Å². The van der Waals surface area contributed by atoms with Gasteiger partial charge < -0.3 is 14.8 Å². The van der Waals surface area contributed by atoms with Crippen molar-refractivity contribution < 1.29 is 23.9 Å². The highest BCUT2D eigenvalue weighted by Crippen LogP contribution is 2.33. The van der Waals surface area contributed by atoms with Gasteiger partial charge in [-0.1, -0.05) is 23.7 Å². The van der Waals surface area contributed by atoms with Gasteiger partial charge in [-0.3, -0.25) is 4.79 Å². The van der Waals surface area contributed by atoms with E-state index in [0.29, 0.717) is 10.6 Å². The molecule has 1 heterocycles. The van der Waals surface area contributed by atoms with Crippen molar-refractivity contribution >= 4 is 45.8 Å². The molecule has 0 aliphatic rings. The minimum atomic E-state index is -0.699. The van der Waals surface area contributed by atoms with E-state index in [9.17, 15) is 14.4 Å². The van der Waals surface area contributed by atoms with Crippen molar-refractivity contribution in [3.63, 3.8) is 0 Å². The highest BCUT2D eigenvalue weighted by atomic mass is 35.5. The van der Waals surface area contributed by atoms with Gasteiger partial charge in [-0.25, -0.2) is 9.59 Å². The van der Waals surface area contributed by atoms with E-state index in [1.807, 2.05) is 6.92 Å². The van der Waals surface area contributed by atoms with E-state index >= 15 is 0 Å². The van der Waals surface area contributed by atoms with Gasteiger partial charge in [0.1, 0.15) is 5.00 Å². The standard InChI is InChI=1S/C18H18ClNO5S/c1-4-24-18(23)15-10(2)11(3)26-16(15)20-14(21)9-25-17(22)12-7-5-6-8-13(12)19/h5-8H,4,9H2,1-3H3,(H,20,21). The zero-order chi connectivity index (χ0) is 19.3. The molecule has 0 atom stereocenters. The van der Waals surface area contributed by atoms with Gasteiger partial charge in [-0.15, -0.1) is 11.3 Å². The third-order valence-corrected chi connectivity index (χ3v) is 5.00. The van der Waals surface area contributed by atoms with Crippen molar-refractivity contribution in [2.24, 2.45) is 0 Å². The van der Waals surface area contributed by atoms with Crippen molar-refractivity contribution in [2.45, 2.75) is 20.8 Å². The Morgan fingerprint density at radius 2 is 1.81 bits per heavy atom. The maximum Gasteiger partial charge on any atom is 0.341 e. The average molecular weight is 396 g/mol. The molecular weight excluding hydrogens is 378 g/mol. The fraction of sp³-hybridized carbons (Fsp3) is 0.278. The van der Waals surface area contributed by atoms with Gasteiger partial charge in [0.2, 0.25) is 0 Å². The normalized spacial score (nSPS) is 10.3. The number of carbonyl (C=O) groups excluding carboxylic acids is 3. The molecule has 1 aromatic carbocycles. The number of thiophene rings is 1. The average Bonchev–Trinajstić information content (AvgIpc) is 2.87. The fourth-order valence-electron chi connectivity index (χ4n) is 2.16. The summed E-state index contributed by atoms with van der Waals surface area (Å²) in [6.07, 6.45) is 0. The summed E-state index contributed by atoms with van der Waals surface area (Å²) < 4.78 is 10.0. The molecule has 8 heteroatoms. The lowest BCUT2D eigenvalue weighted by atomic mass is 10.1. The van der Waals surface area contributed by atoms with Gasteiger partial charge in [-0.2, -0.15) is 0 Å². The number of hydrogen-bond donors (Lipinski definition) is 1. The number of aryl methyl sites for hydroxylation is 1. The van der Waals surface area contributed by atoms with Crippen molar-refractivity contribution in [1.29, 1.82) is 0 Å². The second kappa shape index (κ2) is 8.82. The van der Waals surface area contributed by atoms with Crippen LogP contribution in [0.3, 0.4) is 0 Å². The maximum absolute atomic E-state index is 12.1. The predicted molar refractivity (Wildman–Crippen MR) is 100 cm³/mol. The molecule has 0 aliphatic carbocycles.